The van der Waals surface area contributed by atoms with Crippen LogP contribution in [-0.4, -0.2) is 46.6 Å². The predicted molar refractivity (Wildman–Crippen MR) is 95.9 cm³/mol. The van der Waals surface area contributed by atoms with Crippen LogP contribution < -0.4 is 4.90 Å². The van der Waals surface area contributed by atoms with Gasteiger partial charge in [0.2, 0.25) is 0 Å². The number of benzene rings is 1. The number of anilines is 1. The molecule has 0 radical (unpaired) electrons. The summed E-state index contributed by atoms with van der Waals surface area (Å²) < 4.78 is 2.75. The molecule has 23 heavy (non-hydrogen) atoms. The Morgan fingerprint density at radius 1 is 1.22 bits per heavy atom. The minimum absolute atomic E-state index is 0.108. The van der Waals surface area contributed by atoms with E-state index in [9.17, 15) is 4.79 Å². The van der Waals surface area contributed by atoms with Crippen LogP contribution in [0.5, 0.6) is 0 Å². The smallest absolute Gasteiger partial charge is 0.180 e. The average molecular weight is 348 g/mol. The number of carbonyl (C=O) groups is 1. The van der Waals surface area contributed by atoms with Crippen LogP contribution in [0.15, 0.2) is 24.3 Å². The van der Waals surface area contributed by atoms with Gasteiger partial charge in [0.15, 0.2) is 9.74 Å². The van der Waals surface area contributed by atoms with E-state index in [4.69, 9.17) is 12.2 Å². The molecular formula is C16H20N4OS2. The summed E-state index contributed by atoms with van der Waals surface area (Å²) in [5.74, 6) is 0.108. The highest BCUT2D eigenvalue weighted by molar-refractivity contribution is 7.73. The Balaban J connectivity index is 1.58. The van der Waals surface area contributed by atoms with Gasteiger partial charge in [0.1, 0.15) is 5.01 Å². The molecule has 0 atom stereocenters. The third kappa shape index (κ3) is 3.85. The minimum atomic E-state index is 0.108. The van der Waals surface area contributed by atoms with Gasteiger partial charge < -0.3 is 4.90 Å². The molecule has 2 heterocycles. The van der Waals surface area contributed by atoms with Crippen LogP contribution in [0.25, 0.3) is 0 Å². The Hall–Kier alpha value is -1.57. The first kappa shape index (κ1) is 16.3. The maximum absolute atomic E-state index is 11.3. The average Bonchev–Trinajstić information content (AvgIpc) is 2.86. The number of Topliss-reactive ketones (excluding diaryl/α,β-unsaturated/α-hetero) is 1. The van der Waals surface area contributed by atoms with E-state index in [1.165, 1.54) is 5.69 Å². The number of aromatic nitrogens is 2. The van der Waals surface area contributed by atoms with E-state index in [1.807, 2.05) is 35.9 Å². The van der Waals surface area contributed by atoms with Gasteiger partial charge in [-0.2, -0.15) is 5.10 Å². The molecule has 0 unspecified atom stereocenters. The second-order valence-electron chi connectivity index (χ2n) is 5.74. The van der Waals surface area contributed by atoms with E-state index in [1.54, 1.807) is 18.3 Å². The number of nitrogens with zero attached hydrogens (tertiary/aromatic N) is 4. The SMILES string of the molecule is CC(=O)c1ccc(N2CCN(Cn3nc(C)sc3=S)CC2)cc1. The van der Waals surface area contributed by atoms with Gasteiger partial charge in [0, 0.05) is 37.4 Å². The molecule has 2 aromatic rings. The molecule has 1 aliphatic heterocycles. The Labute approximate surface area is 145 Å². The third-order valence-electron chi connectivity index (χ3n) is 4.05. The molecule has 3 rings (SSSR count). The summed E-state index contributed by atoms with van der Waals surface area (Å²) in [6.45, 7) is 8.24. The highest BCUT2D eigenvalue weighted by Crippen LogP contribution is 2.18. The number of hydrogen-bond acceptors (Lipinski definition) is 6. The summed E-state index contributed by atoms with van der Waals surface area (Å²) >= 11 is 6.89. The molecule has 5 nitrogen and oxygen atoms in total. The molecule has 1 saturated heterocycles. The number of ketones is 1. The molecule has 7 heteroatoms. The lowest BCUT2D eigenvalue weighted by atomic mass is 10.1. The van der Waals surface area contributed by atoms with Crippen LogP contribution in [0.3, 0.4) is 0 Å². The summed E-state index contributed by atoms with van der Waals surface area (Å²) in [7, 11) is 0. The van der Waals surface area contributed by atoms with E-state index in [0.29, 0.717) is 0 Å². The first-order valence-electron chi connectivity index (χ1n) is 7.66. The zero-order valence-corrected chi connectivity index (χ0v) is 15.0. The Morgan fingerprint density at radius 3 is 2.39 bits per heavy atom. The molecule has 0 saturated carbocycles. The highest BCUT2D eigenvalue weighted by atomic mass is 32.1. The molecule has 0 spiro atoms. The van der Waals surface area contributed by atoms with Gasteiger partial charge in [-0.25, -0.2) is 4.68 Å². The van der Waals surface area contributed by atoms with Crippen molar-refractivity contribution in [2.45, 2.75) is 20.5 Å². The largest absolute Gasteiger partial charge is 0.369 e. The second-order valence-corrected chi connectivity index (χ2v) is 7.56. The molecule has 1 fully saturated rings. The number of rotatable bonds is 4. The first-order valence-corrected chi connectivity index (χ1v) is 8.88. The van der Waals surface area contributed by atoms with E-state index in [-0.39, 0.29) is 5.78 Å². The summed E-state index contributed by atoms with van der Waals surface area (Å²) in [5.41, 5.74) is 1.94. The maximum Gasteiger partial charge on any atom is 0.180 e. The van der Waals surface area contributed by atoms with Gasteiger partial charge in [0.25, 0.3) is 0 Å². The van der Waals surface area contributed by atoms with E-state index >= 15 is 0 Å². The standard InChI is InChI=1S/C16H20N4OS2/c1-12(21)14-3-5-15(6-4-14)19-9-7-18(8-10-19)11-20-16(22)23-13(2)17-20/h3-6H,7-11H2,1-2H3. The molecule has 1 aromatic carbocycles. The van der Waals surface area contributed by atoms with Crippen LogP contribution in [0.4, 0.5) is 5.69 Å². The van der Waals surface area contributed by atoms with Crippen molar-refractivity contribution in [1.29, 1.82) is 0 Å². The monoisotopic (exact) mass is 348 g/mol. The Bertz CT molecular complexity index is 742. The van der Waals surface area contributed by atoms with E-state index in [2.05, 4.69) is 14.9 Å². The number of piperazine rings is 1. The van der Waals surface area contributed by atoms with Gasteiger partial charge in [0.05, 0.1) is 6.67 Å². The lowest BCUT2D eigenvalue weighted by Gasteiger charge is -2.35. The zero-order chi connectivity index (χ0) is 16.4. The van der Waals surface area contributed by atoms with Crippen LogP contribution in [0.1, 0.15) is 22.3 Å². The quantitative estimate of drug-likeness (QED) is 0.628. The van der Waals surface area contributed by atoms with Crippen LogP contribution in [0, 0.1) is 10.9 Å². The van der Waals surface area contributed by atoms with Crippen molar-refractivity contribution in [1.82, 2.24) is 14.7 Å². The molecule has 0 N–H and O–H groups in total. The van der Waals surface area contributed by atoms with Crippen LogP contribution in [0.2, 0.25) is 0 Å². The molecule has 1 aromatic heterocycles. The fourth-order valence-corrected chi connectivity index (χ4v) is 3.80. The third-order valence-corrected chi connectivity index (χ3v) is 5.28. The van der Waals surface area contributed by atoms with Crippen LogP contribution in [-0.2, 0) is 6.67 Å². The van der Waals surface area contributed by atoms with Crippen molar-refractivity contribution in [3.05, 3.63) is 38.8 Å². The van der Waals surface area contributed by atoms with E-state index < -0.39 is 0 Å². The number of aryl methyl sites for hydroxylation is 1. The summed E-state index contributed by atoms with van der Waals surface area (Å²) in [5, 5.41) is 5.46. The fraction of sp³-hybridized carbons (Fsp3) is 0.438. The Kier molecular flexibility index (Phi) is 4.89. The predicted octanol–water partition coefficient (Wildman–Crippen LogP) is 2.96. The first-order chi connectivity index (χ1) is 11.0. The van der Waals surface area contributed by atoms with E-state index in [0.717, 1.165) is 47.4 Å². The molecule has 0 amide bonds. The van der Waals surface area contributed by atoms with Gasteiger partial charge in [-0.1, -0.05) is 11.3 Å². The summed E-state index contributed by atoms with van der Waals surface area (Å²) in [4.78, 5) is 16.1. The number of hydrogen-bond donors (Lipinski definition) is 0. The number of carbonyl (C=O) groups excluding carboxylic acids is 1. The van der Waals surface area contributed by atoms with Crippen molar-refractivity contribution in [3.63, 3.8) is 0 Å². The fourth-order valence-electron chi connectivity index (χ4n) is 2.74. The molecule has 0 bridgehead atoms. The van der Waals surface area contributed by atoms with Gasteiger partial charge in [-0.3, -0.25) is 9.69 Å². The maximum atomic E-state index is 11.3. The topological polar surface area (TPSA) is 41.4 Å². The van der Waals surface area contributed by atoms with Crippen LogP contribution >= 0.6 is 23.6 Å². The molecule has 122 valence electrons. The lowest BCUT2D eigenvalue weighted by molar-refractivity contribution is 0.101. The van der Waals surface area contributed by atoms with Crippen molar-refractivity contribution in [2.75, 3.05) is 31.1 Å². The van der Waals surface area contributed by atoms with Crippen molar-refractivity contribution >= 4 is 35.0 Å². The highest BCUT2D eigenvalue weighted by Gasteiger charge is 2.18. The lowest BCUT2D eigenvalue weighted by Crippen LogP contribution is -2.46. The van der Waals surface area contributed by atoms with Crippen molar-refractivity contribution in [3.8, 4) is 0 Å². The molecule has 1 aliphatic rings. The van der Waals surface area contributed by atoms with Crippen molar-refractivity contribution in [2.24, 2.45) is 0 Å². The van der Waals surface area contributed by atoms with Gasteiger partial charge in [-0.05, 0) is 50.3 Å². The zero-order valence-electron chi connectivity index (χ0n) is 13.4. The minimum Gasteiger partial charge on any atom is -0.369 e. The molecular weight excluding hydrogens is 328 g/mol. The van der Waals surface area contributed by atoms with Crippen molar-refractivity contribution < 1.29 is 4.79 Å². The summed E-state index contributed by atoms with van der Waals surface area (Å²) in [6, 6.07) is 7.88. The second kappa shape index (κ2) is 6.90. The summed E-state index contributed by atoms with van der Waals surface area (Å²) in [6.07, 6.45) is 0. The molecule has 0 aliphatic carbocycles. The van der Waals surface area contributed by atoms with Gasteiger partial charge in [-0.15, -0.1) is 0 Å². The van der Waals surface area contributed by atoms with Gasteiger partial charge >= 0.3 is 0 Å². The Morgan fingerprint density at radius 2 is 1.87 bits per heavy atom. The normalized spacial score (nSPS) is 15.8.